The predicted octanol–water partition coefficient (Wildman–Crippen LogP) is 3.58. The normalized spacial score (nSPS) is 18.6. The number of halogens is 1. The molecule has 0 unspecified atom stereocenters. The second-order valence-corrected chi connectivity index (χ2v) is 7.23. The number of carbonyl (C=O) groups excluding carboxylic acids is 1. The maximum absolute atomic E-state index is 13.1. The summed E-state index contributed by atoms with van der Waals surface area (Å²) < 4.78 is 19.1. The number of amides is 1. The van der Waals surface area contributed by atoms with Gasteiger partial charge >= 0.3 is 0 Å². The monoisotopic (exact) mass is 407 g/mol. The quantitative estimate of drug-likeness (QED) is 0.647. The van der Waals surface area contributed by atoms with Gasteiger partial charge < -0.3 is 15.8 Å². The van der Waals surface area contributed by atoms with Crippen molar-refractivity contribution in [3.63, 3.8) is 0 Å². The molecule has 0 radical (unpaired) electrons. The van der Waals surface area contributed by atoms with Gasteiger partial charge in [-0.15, -0.1) is 0 Å². The van der Waals surface area contributed by atoms with Crippen molar-refractivity contribution in [3.8, 4) is 17.1 Å². The molecule has 4 rings (SSSR count). The number of rotatable bonds is 6. The Labute approximate surface area is 173 Å². The molecule has 1 aromatic carbocycles. The third-order valence-corrected chi connectivity index (χ3v) is 5.12. The minimum atomic E-state index is -0.549. The van der Waals surface area contributed by atoms with E-state index in [0.29, 0.717) is 11.5 Å². The van der Waals surface area contributed by atoms with Crippen molar-refractivity contribution in [2.45, 2.75) is 37.8 Å². The van der Waals surface area contributed by atoms with Crippen LogP contribution in [-0.4, -0.2) is 33.0 Å². The van der Waals surface area contributed by atoms with Gasteiger partial charge in [-0.05, 0) is 68.1 Å². The first-order valence-corrected chi connectivity index (χ1v) is 9.85. The molecule has 1 fully saturated rings. The minimum absolute atomic E-state index is 0.0254. The number of anilines is 1. The molecule has 154 valence electrons. The van der Waals surface area contributed by atoms with Gasteiger partial charge in [-0.1, -0.05) is 0 Å². The highest BCUT2D eigenvalue weighted by Gasteiger charge is 2.24. The Morgan fingerprint density at radius 1 is 1.03 bits per heavy atom. The van der Waals surface area contributed by atoms with E-state index in [2.05, 4.69) is 20.3 Å². The maximum Gasteiger partial charge on any atom is 0.254 e. The lowest BCUT2D eigenvalue weighted by Gasteiger charge is -2.29. The second-order valence-electron chi connectivity index (χ2n) is 7.23. The summed E-state index contributed by atoms with van der Waals surface area (Å²) >= 11 is 0. The van der Waals surface area contributed by atoms with Crippen molar-refractivity contribution in [1.29, 1.82) is 0 Å². The van der Waals surface area contributed by atoms with E-state index in [1.165, 1.54) is 12.1 Å². The number of hydrogen-bond acceptors (Lipinski definition) is 6. The van der Waals surface area contributed by atoms with Gasteiger partial charge in [0.05, 0.1) is 5.69 Å². The topological polar surface area (TPSA) is 103 Å². The number of benzene rings is 1. The Hall–Kier alpha value is -3.55. The molecule has 1 saturated carbocycles. The number of pyridine rings is 1. The summed E-state index contributed by atoms with van der Waals surface area (Å²) in [7, 11) is 0. The van der Waals surface area contributed by atoms with Crippen LogP contribution in [0.5, 0.6) is 5.88 Å². The average molecular weight is 407 g/mol. The lowest BCUT2D eigenvalue weighted by atomic mass is 9.93. The van der Waals surface area contributed by atoms with Gasteiger partial charge in [0.25, 0.3) is 5.91 Å². The Balaban J connectivity index is 1.35. The van der Waals surface area contributed by atoms with Gasteiger partial charge in [0.1, 0.15) is 17.5 Å². The highest BCUT2D eigenvalue weighted by atomic mass is 19.1. The molecule has 1 aliphatic rings. The van der Waals surface area contributed by atoms with Gasteiger partial charge in [-0.25, -0.2) is 19.3 Å². The SMILES string of the molecule is NC(=O)c1cccnc1O[C@H]1CC[C@H](Nc2nccc(-c3ccc(F)cc3)n2)CC1. The first kappa shape index (κ1) is 19.8. The molecule has 0 atom stereocenters. The minimum Gasteiger partial charge on any atom is -0.474 e. The van der Waals surface area contributed by atoms with Crippen molar-refractivity contribution in [2.75, 3.05) is 5.32 Å². The smallest absolute Gasteiger partial charge is 0.254 e. The molecule has 30 heavy (non-hydrogen) atoms. The summed E-state index contributed by atoms with van der Waals surface area (Å²) in [5.41, 5.74) is 7.25. The Morgan fingerprint density at radius 3 is 2.53 bits per heavy atom. The molecule has 3 N–H and O–H groups in total. The fourth-order valence-electron chi connectivity index (χ4n) is 3.55. The number of nitrogens with one attached hydrogen (secondary N) is 1. The van der Waals surface area contributed by atoms with Crippen LogP contribution in [0.3, 0.4) is 0 Å². The van der Waals surface area contributed by atoms with Crippen LogP contribution < -0.4 is 15.8 Å². The molecule has 8 heteroatoms. The predicted molar refractivity (Wildman–Crippen MR) is 110 cm³/mol. The number of carbonyl (C=O) groups is 1. The number of nitrogens with two attached hydrogens (primary N) is 1. The molecular formula is C22H22FN5O2. The van der Waals surface area contributed by atoms with Crippen LogP contribution in [-0.2, 0) is 0 Å². The lowest BCUT2D eigenvalue weighted by Crippen LogP contribution is -2.32. The van der Waals surface area contributed by atoms with Gasteiger partial charge in [0.2, 0.25) is 11.8 Å². The van der Waals surface area contributed by atoms with Crippen LogP contribution in [0.1, 0.15) is 36.0 Å². The molecular weight excluding hydrogens is 385 g/mol. The average Bonchev–Trinajstić information content (AvgIpc) is 2.76. The third-order valence-electron chi connectivity index (χ3n) is 5.12. The van der Waals surface area contributed by atoms with E-state index in [1.807, 2.05) is 0 Å². The van der Waals surface area contributed by atoms with Crippen LogP contribution in [0.4, 0.5) is 10.3 Å². The number of primary amides is 1. The van der Waals surface area contributed by atoms with E-state index in [-0.39, 0.29) is 23.8 Å². The Morgan fingerprint density at radius 2 is 1.80 bits per heavy atom. The number of ether oxygens (including phenoxy) is 1. The fourth-order valence-corrected chi connectivity index (χ4v) is 3.55. The van der Waals surface area contributed by atoms with E-state index in [0.717, 1.165) is 36.9 Å². The molecule has 1 amide bonds. The van der Waals surface area contributed by atoms with Crippen LogP contribution in [0, 0.1) is 5.82 Å². The van der Waals surface area contributed by atoms with Crippen molar-refractivity contribution >= 4 is 11.9 Å². The summed E-state index contributed by atoms with van der Waals surface area (Å²) in [6, 6.07) is 11.5. The summed E-state index contributed by atoms with van der Waals surface area (Å²) in [5, 5.41) is 3.37. The zero-order chi connectivity index (χ0) is 20.9. The molecule has 0 spiro atoms. The first-order valence-electron chi connectivity index (χ1n) is 9.85. The Kier molecular flexibility index (Phi) is 5.83. The van der Waals surface area contributed by atoms with E-state index >= 15 is 0 Å². The number of nitrogens with zero attached hydrogens (tertiary/aromatic N) is 3. The summed E-state index contributed by atoms with van der Waals surface area (Å²) in [5.74, 6) is 0.00380. The number of hydrogen-bond donors (Lipinski definition) is 2. The molecule has 3 aromatic rings. The van der Waals surface area contributed by atoms with E-state index in [1.54, 1.807) is 42.7 Å². The van der Waals surface area contributed by atoms with Gasteiger partial charge in [0, 0.05) is 24.0 Å². The molecule has 7 nitrogen and oxygen atoms in total. The highest BCUT2D eigenvalue weighted by molar-refractivity contribution is 5.94. The van der Waals surface area contributed by atoms with Crippen molar-refractivity contribution in [1.82, 2.24) is 15.0 Å². The first-order chi connectivity index (χ1) is 14.6. The van der Waals surface area contributed by atoms with Crippen molar-refractivity contribution in [2.24, 2.45) is 5.73 Å². The molecule has 1 aliphatic carbocycles. The number of aromatic nitrogens is 3. The van der Waals surface area contributed by atoms with Crippen LogP contribution in [0.15, 0.2) is 54.9 Å². The maximum atomic E-state index is 13.1. The van der Waals surface area contributed by atoms with Crippen molar-refractivity contribution < 1.29 is 13.9 Å². The summed E-state index contributed by atoms with van der Waals surface area (Å²) in [4.78, 5) is 24.5. The van der Waals surface area contributed by atoms with E-state index < -0.39 is 5.91 Å². The van der Waals surface area contributed by atoms with E-state index in [9.17, 15) is 9.18 Å². The zero-order valence-electron chi connectivity index (χ0n) is 16.3. The van der Waals surface area contributed by atoms with Gasteiger partial charge in [0.15, 0.2) is 0 Å². The summed E-state index contributed by atoms with van der Waals surface area (Å²) in [6.45, 7) is 0. The summed E-state index contributed by atoms with van der Waals surface area (Å²) in [6.07, 6.45) is 6.60. The molecule has 0 saturated heterocycles. The standard InChI is InChI=1S/C22H22FN5O2/c23-15-5-3-14(4-6-15)19-11-13-26-22(28-19)27-16-7-9-17(10-8-16)30-21-18(20(24)29)2-1-12-25-21/h1-6,11-13,16-17H,7-10H2,(H2,24,29)(H,26,27,28)/t16-,17-. The van der Waals surface area contributed by atoms with Crippen LogP contribution >= 0.6 is 0 Å². The Bertz CT molecular complexity index is 1020. The van der Waals surface area contributed by atoms with Gasteiger partial charge in [-0.3, -0.25) is 4.79 Å². The second kappa shape index (κ2) is 8.86. The zero-order valence-corrected chi connectivity index (χ0v) is 16.3. The molecule has 0 bridgehead atoms. The highest BCUT2D eigenvalue weighted by Crippen LogP contribution is 2.26. The van der Waals surface area contributed by atoms with Gasteiger partial charge in [-0.2, -0.15) is 0 Å². The van der Waals surface area contributed by atoms with Crippen molar-refractivity contribution in [3.05, 3.63) is 66.2 Å². The lowest BCUT2D eigenvalue weighted by molar-refractivity contribution is 0.0983. The fraction of sp³-hybridized carbons (Fsp3) is 0.273. The molecule has 2 aromatic heterocycles. The molecule has 0 aliphatic heterocycles. The molecule has 2 heterocycles. The van der Waals surface area contributed by atoms with E-state index in [4.69, 9.17) is 10.5 Å². The largest absolute Gasteiger partial charge is 0.474 e. The van der Waals surface area contributed by atoms with Crippen LogP contribution in [0.25, 0.3) is 11.3 Å². The van der Waals surface area contributed by atoms with Crippen LogP contribution in [0.2, 0.25) is 0 Å². The third kappa shape index (κ3) is 4.71.